The van der Waals surface area contributed by atoms with Crippen LogP contribution >= 0.6 is 12.6 Å². The molecule has 5 N–H and O–H groups in total. The van der Waals surface area contributed by atoms with E-state index in [1.807, 2.05) is 18.2 Å². The van der Waals surface area contributed by atoms with Crippen molar-refractivity contribution in [3.8, 4) is 5.75 Å². The van der Waals surface area contributed by atoms with E-state index in [9.17, 15) is 24.0 Å². The molecule has 3 aliphatic rings. The fraction of sp³-hybridized carbons (Fsp3) is 0.641. The van der Waals surface area contributed by atoms with E-state index < -0.39 is 30.0 Å². The standard InChI is InChI=1S/C17H22N2O2.C15H24N4O5.C4H10.C3H6S/c1-21-13-9-10-14-16(11-13)19-17(20)15(18-14)6-4-2-3-5-12-7-8-12;1-3-6-10(13(16)21)18-14(22)11-7-5-8-19(11)12(20)9-17-15(23)24-4-2;1-4(2)3;4-3-1-2-3/h9-12H,2-8H2,1H3,(H,19,20);3,10-11H,1,4-9H2,2H3,(H2,16,21)(H,17,23)(H,18,22);4H,1-3H3;3-4H,1-2H2. The molecular formula is C39H62N6O7S. The monoisotopic (exact) mass is 758 g/mol. The molecule has 1 aromatic carbocycles. The van der Waals surface area contributed by atoms with Crippen LogP contribution in [0.3, 0.4) is 0 Å². The van der Waals surface area contributed by atoms with Gasteiger partial charge in [0.2, 0.25) is 17.7 Å². The van der Waals surface area contributed by atoms with Crippen molar-refractivity contribution in [2.75, 3.05) is 26.8 Å². The molecule has 296 valence electrons. The van der Waals surface area contributed by atoms with Crippen LogP contribution in [0.15, 0.2) is 35.6 Å². The van der Waals surface area contributed by atoms with Crippen LogP contribution < -0.4 is 26.7 Å². The topological polar surface area (TPSA) is 186 Å². The number of nitrogens with two attached hydrogens (primary N) is 1. The summed E-state index contributed by atoms with van der Waals surface area (Å²) in [5.41, 5.74) is 7.37. The van der Waals surface area contributed by atoms with Crippen LogP contribution in [0.4, 0.5) is 4.79 Å². The Morgan fingerprint density at radius 1 is 1.11 bits per heavy atom. The van der Waals surface area contributed by atoms with Crippen molar-refractivity contribution < 1.29 is 28.7 Å². The number of methoxy groups -OCH3 is 1. The van der Waals surface area contributed by atoms with Crippen molar-refractivity contribution in [1.29, 1.82) is 0 Å². The average Bonchev–Trinajstić information content (AvgIpc) is 4.05. The first-order chi connectivity index (χ1) is 25.3. The van der Waals surface area contributed by atoms with Crippen LogP contribution in [0, 0.1) is 11.8 Å². The SMILES string of the molecule is C=CCC(NC(=O)C1CCCN1C(=O)CNC(=O)OCC)C(N)=O.CC(C)C.COc1ccc2nc(CCCCCC3CC3)c(=O)[nH]c2c1.SC1CC1. The maximum absolute atomic E-state index is 12.3. The lowest BCUT2D eigenvalue weighted by molar-refractivity contribution is -0.138. The highest BCUT2D eigenvalue weighted by Crippen LogP contribution is 2.34. The van der Waals surface area contributed by atoms with Crippen LogP contribution in [-0.4, -0.2) is 82.8 Å². The lowest BCUT2D eigenvalue weighted by Crippen LogP contribution is -2.53. The number of thiol groups is 1. The predicted molar refractivity (Wildman–Crippen MR) is 212 cm³/mol. The van der Waals surface area contributed by atoms with E-state index in [2.05, 4.69) is 65.3 Å². The molecule has 0 spiro atoms. The number of H-pyrrole nitrogens is 1. The van der Waals surface area contributed by atoms with Gasteiger partial charge in [0.05, 0.1) is 24.8 Å². The van der Waals surface area contributed by atoms with Crippen LogP contribution in [0.1, 0.15) is 104 Å². The number of amides is 4. The number of ether oxygens (including phenoxy) is 2. The zero-order chi connectivity index (χ0) is 39.3. The minimum absolute atomic E-state index is 0.0713. The molecule has 1 aliphatic heterocycles. The summed E-state index contributed by atoms with van der Waals surface area (Å²) in [5.74, 6) is 1.07. The first kappa shape index (κ1) is 45.1. The zero-order valence-electron chi connectivity index (χ0n) is 32.3. The van der Waals surface area contributed by atoms with Gasteiger partial charge in [-0.05, 0) is 75.8 Å². The number of carbonyl (C=O) groups excluding carboxylic acids is 4. The number of benzene rings is 1. The number of hydrogen-bond donors (Lipinski definition) is 5. The van der Waals surface area contributed by atoms with Gasteiger partial charge >= 0.3 is 6.09 Å². The molecule has 2 aliphatic carbocycles. The van der Waals surface area contributed by atoms with Gasteiger partial charge in [0.1, 0.15) is 30.1 Å². The second-order valence-corrected chi connectivity index (χ2v) is 14.9. The van der Waals surface area contributed by atoms with E-state index >= 15 is 0 Å². The number of rotatable bonds is 15. The third-order valence-electron chi connectivity index (χ3n) is 8.34. The van der Waals surface area contributed by atoms with E-state index in [0.29, 0.717) is 25.1 Å². The molecule has 2 saturated carbocycles. The summed E-state index contributed by atoms with van der Waals surface area (Å²) in [6, 6.07) is 4.02. The molecule has 2 unspecified atom stereocenters. The van der Waals surface area contributed by atoms with Gasteiger partial charge in [0, 0.05) is 17.9 Å². The quantitative estimate of drug-likeness (QED) is 0.0901. The number of aromatic nitrogens is 2. The molecule has 3 fully saturated rings. The highest BCUT2D eigenvalue weighted by molar-refractivity contribution is 7.81. The number of unbranched alkanes of at least 4 members (excludes halogenated alkanes) is 2. The van der Waals surface area contributed by atoms with Gasteiger partial charge in [-0.15, -0.1) is 6.58 Å². The summed E-state index contributed by atoms with van der Waals surface area (Å²) in [6.45, 7) is 12.0. The number of hydrogen-bond acceptors (Lipinski definition) is 9. The third-order valence-corrected chi connectivity index (χ3v) is 8.85. The molecule has 0 radical (unpaired) electrons. The van der Waals surface area contributed by atoms with Crippen LogP contribution in [-0.2, 0) is 25.5 Å². The van der Waals surface area contributed by atoms with Crippen LogP contribution in [0.2, 0.25) is 0 Å². The van der Waals surface area contributed by atoms with E-state index in [-0.39, 0.29) is 31.0 Å². The lowest BCUT2D eigenvalue weighted by Gasteiger charge is -2.25. The number of aromatic amines is 1. The Labute approximate surface area is 320 Å². The second-order valence-electron chi connectivity index (χ2n) is 14.2. The number of carbonyl (C=O) groups is 4. The van der Waals surface area contributed by atoms with Crippen molar-refractivity contribution >= 4 is 47.5 Å². The second kappa shape index (κ2) is 24.3. The smallest absolute Gasteiger partial charge is 0.407 e. The Morgan fingerprint density at radius 3 is 2.36 bits per heavy atom. The normalized spacial score (nSPS) is 16.4. The van der Waals surface area contributed by atoms with Crippen molar-refractivity contribution in [3.05, 3.63) is 46.9 Å². The maximum atomic E-state index is 12.3. The number of alkyl carbamates (subject to hydrolysis) is 1. The number of primary amides is 1. The number of fused-ring (bicyclic) bond motifs is 1. The average molecular weight is 759 g/mol. The van der Waals surface area contributed by atoms with Gasteiger partial charge < -0.3 is 35.7 Å². The molecule has 1 saturated heterocycles. The van der Waals surface area contributed by atoms with E-state index in [1.165, 1.54) is 55.9 Å². The minimum Gasteiger partial charge on any atom is -0.497 e. The fourth-order valence-electron chi connectivity index (χ4n) is 5.23. The predicted octanol–water partition coefficient (Wildman–Crippen LogP) is 5.46. The van der Waals surface area contributed by atoms with Gasteiger partial charge in [0.25, 0.3) is 5.56 Å². The van der Waals surface area contributed by atoms with Crippen molar-refractivity contribution in [1.82, 2.24) is 25.5 Å². The molecule has 1 aromatic heterocycles. The lowest BCUT2D eigenvalue weighted by atomic mass is 10.1. The summed E-state index contributed by atoms with van der Waals surface area (Å²) in [6.07, 6.45) is 13.4. The van der Waals surface area contributed by atoms with Gasteiger partial charge in [-0.1, -0.05) is 59.0 Å². The Bertz CT molecular complexity index is 1520. The highest BCUT2D eigenvalue weighted by atomic mass is 32.1. The highest BCUT2D eigenvalue weighted by Gasteiger charge is 2.35. The van der Waals surface area contributed by atoms with Gasteiger partial charge in [-0.2, -0.15) is 12.6 Å². The molecule has 13 nitrogen and oxygen atoms in total. The van der Waals surface area contributed by atoms with Crippen molar-refractivity contribution in [2.24, 2.45) is 17.6 Å². The molecule has 2 aromatic rings. The molecule has 2 heterocycles. The molecule has 53 heavy (non-hydrogen) atoms. The Morgan fingerprint density at radius 2 is 1.79 bits per heavy atom. The summed E-state index contributed by atoms with van der Waals surface area (Å²) in [5, 5.41) is 5.64. The van der Waals surface area contributed by atoms with Gasteiger partial charge in [-0.3, -0.25) is 19.2 Å². The first-order valence-corrected chi connectivity index (χ1v) is 19.5. The minimum atomic E-state index is -0.856. The first-order valence-electron chi connectivity index (χ1n) is 18.9. The zero-order valence-corrected chi connectivity index (χ0v) is 33.2. The van der Waals surface area contributed by atoms with Crippen molar-refractivity contribution in [3.63, 3.8) is 0 Å². The fourth-order valence-corrected chi connectivity index (χ4v) is 5.38. The molecule has 2 atom stereocenters. The number of aryl methyl sites for hydroxylation is 1. The van der Waals surface area contributed by atoms with Crippen molar-refractivity contribution in [2.45, 2.75) is 122 Å². The van der Waals surface area contributed by atoms with E-state index in [4.69, 9.17) is 10.5 Å². The number of nitrogens with one attached hydrogen (secondary N) is 3. The molecule has 5 rings (SSSR count). The summed E-state index contributed by atoms with van der Waals surface area (Å²) < 4.78 is 9.83. The molecular weight excluding hydrogens is 697 g/mol. The molecule has 14 heteroatoms. The maximum Gasteiger partial charge on any atom is 0.407 e. The third kappa shape index (κ3) is 18.5. The molecule has 0 bridgehead atoms. The van der Waals surface area contributed by atoms with Crippen LogP contribution in [0.5, 0.6) is 5.75 Å². The van der Waals surface area contributed by atoms with Crippen LogP contribution in [0.25, 0.3) is 11.0 Å². The Hall–Kier alpha value is -4.07. The summed E-state index contributed by atoms with van der Waals surface area (Å²) in [7, 11) is 1.61. The number of nitrogens with zero attached hydrogens (tertiary/aromatic N) is 2. The van der Waals surface area contributed by atoms with Gasteiger partial charge in [0.15, 0.2) is 0 Å². The number of likely N-dealkylation sites (tertiary alicyclic amines) is 1. The summed E-state index contributed by atoms with van der Waals surface area (Å²) >= 11 is 4.08. The Balaban J connectivity index is 0.000000304. The molecule has 4 amide bonds. The van der Waals surface area contributed by atoms with E-state index in [0.717, 1.165) is 46.7 Å². The largest absolute Gasteiger partial charge is 0.497 e. The summed E-state index contributed by atoms with van der Waals surface area (Å²) in [4.78, 5) is 67.9. The van der Waals surface area contributed by atoms with E-state index in [1.54, 1.807) is 14.0 Å². The Kier molecular flexibility index (Phi) is 20.7. The van der Waals surface area contributed by atoms with Gasteiger partial charge in [-0.25, -0.2) is 9.78 Å².